The quantitative estimate of drug-likeness (QED) is 0.807. The fraction of sp³-hybridized carbons (Fsp3) is 0.538. The minimum Gasteiger partial charge on any atom is -0.368 e. The SMILES string of the molecule is CCN1c2ccccc2CC1CCNC. The predicted molar refractivity (Wildman–Crippen MR) is 65.5 cm³/mol. The normalized spacial score (nSPS) is 19.3. The van der Waals surface area contributed by atoms with Crippen LogP contribution >= 0.6 is 0 Å². The van der Waals surface area contributed by atoms with Crippen molar-refractivity contribution in [3.8, 4) is 0 Å². The van der Waals surface area contributed by atoms with E-state index < -0.39 is 0 Å². The van der Waals surface area contributed by atoms with Gasteiger partial charge in [0.15, 0.2) is 0 Å². The Balaban J connectivity index is 2.13. The summed E-state index contributed by atoms with van der Waals surface area (Å²) in [5, 5.41) is 3.24. The second-order valence-electron chi connectivity index (χ2n) is 4.16. The first-order chi connectivity index (χ1) is 7.36. The standard InChI is InChI=1S/C13H20N2/c1-3-15-12(8-9-14-2)10-11-6-4-5-7-13(11)15/h4-7,12,14H,3,8-10H2,1-2H3. The third-order valence-electron chi connectivity index (χ3n) is 3.27. The fourth-order valence-electron chi connectivity index (χ4n) is 2.52. The molecule has 1 heterocycles. The molecule has 0 fully saturated rings. The summed E-state index contributed by atoms with van der Waals surface area (Å²) in [6.07, 6.45) is 2.45. The van der Waals surface area contributed by atoms with Crippen molar-refractivity contribution in [3.63, 3.8) is 0 Å². The first-order valence-corrected chi connectivity index (χ1v) is 5.86. The maximum absolute atomic E-state index is 3.24. The molecule has 1 atom stereocenters. The number of fused-ring (bicyclic) bond motifs is 1. The van der Waals surface area contributed by atoms with E-state index in [1.165, 1.54) is 24.1 Å². The molecule has 15 heavy (non-hydrogen) atoms. The van der Waals surface area contributed by atoms with Crippen LogP contribution in [0.25, 0.3) is 0 Å². The zero-order valence-corrected chi connectivity index (χ0v) is 9.66. The number of hydrogen-bond acceptors (Lipinski definition) is 2. The highest BCUT2D eigenvalue weighted by Crippen LogP contribution is 2.32. The van der Waals surface area contributed by atoms with E-state index in [2.05, 4.69) is 41.4 Å². The Kier molecular flexibility index (Phi) is 3.27. The van der Waals surface area contributed by atoms with Gasteiger partial charge in [-0.25, -0.2) is 0 Å². The number of rotatable bonds is 4. The molecule has 1 aromatic carbocycles. The molecule has 2 heteroatoms. The maximum Gasteiger partial charge on any atom is 0.0402 e. The number of para-hydroxylation sites is 1. The Morgan fingerprint density at radius 2 is 2.20 bits per heavy atom. The van der Waals surface area contributed by atoms with Crippen LogP contribution in [0.15, 0.2) is 24.3 Å². The van der Waals surface area contributed by atoms with Crippen LogP contribution in [-0.4, -0.2) is 26.2 Å². The lowest BCUT2D eigenvalue weighted by atomic mass is 10.1. The lowest BCUT2D eigenvalue weighted by Gasteiger charge is -2.26. The van der Waals surface area contributed by atoms with Crippen molar-refractivity contribution in [3.05, 3.63) is 29.8 Å². The molecular weight excluding hydrogens is 184 g/mol. The molecule has 0 spiro atoms. The Hall–Kier alpha value is -1.02. The minimum absolute atomic E-state index is 0.694. The van der Waals surface area contributed by atoms with Crippen molar-refractivity contribution in [2.45, 2.75) is 25.8 Å². The molecule has 1 unspecified atom stereocenters. The van der Waals surface area contributed by atoms with Crippen LogP contribution in [0.2, 0.25) is 0 Å². The summed E-state index contributed by atoms with van der Waals surface area (Å²) in [6, 6.07) is 9.49. The highest BCUT2D eigenvalue weighted by molar-refractivity contribution is 5.59. The van der Waals surface area contributed by atoms with Crippen molar-refractivity contribution in [2.24, 2.45) is 0 Å². The third kappa shape index (κ3) is 2.00. The van der Waals surface area contributed by atoms with Crippen molar-refractivity contribution < 1.29 is 0 Å². The van der Waals surface area contributed by atoms with Crippen LogP contribution < -0.4 is 10.2 Å². The molecule has 1 aliphatic rings. The molecular formula is C13H20N2. The Morgan fingerprint density at radius 3 is 2.93 bits per heavy atom. The van der Waals surface area contributed by atoms with Crippen LogP contribution in [0.5, 0.6) is 0 Å². The summed E-state index contributed by atoms with van der Waals surface area (Å²) in [4.78, 5) is 2.53. The largest absolute Gasteiger partial charge is 0.368 e. The second kappa shape index (κ2) is 4.67. The van der Waals surface area contributed by atoms with E-state index in [0.717, 1.165) is 13.1 Å². The molecule has 0 aliphatic carbocycles. The Labute approximate surface area is 92.3 Å². The van der Waals surface area contributed by atoms with E-state index in [9.17, 15) is 0 Å². The molecule has 1 aliphatic heterocycles. The zero-order chi connectivity index (χ0) is 10.7. The summed E-state index contributed by atoms with van der Waals surface area (Å²) in [5.74, 6) is 0. The van der Waals surface area contributed by atoms with Gasteiger partial charge in [-0.15, -0.1) is 0 Å². The number of nitrogens with one attached hydrogen (secondary N) is 1. The third-order valence-corrected chi connectivity index (χ3v) is 3.27. The van der Waals surface area contributed by atoms with Gasteiger partial charge in [0.25, 0.3) is 0 Å². The first-order valence-electron chi connectivity index (χ1n) is 5.86. The average molecular weight is 204 g/mol. The van der Waals surface area contributed by atoms with E-state index in [4.69, 9.17) is 0 Å². The second-order valence-corrected chi connectivity index (χ2v) is 4.16. The van der Waals surface area contributed by atoms with Gasteiger partial charge in [0.2, 0.25) is 0 Å². The van der Waals surface area contributed by atoms with Crippen LogP contribution in [0.3, 0.4) is 0 Å². The Bertz CT molecular complexity index is 322. The fourth-order valence-corrected chi connectivity index (χ4v) is 2.52. The lowest BCUT2D eigenvalue weighted by Crippen LogP contribution is -2.33. The van der Waals surface area contributed by atoms with Gasteiger partial charge in [0.05, 0.1) is 0 Å². The Morgan fingerprint density at radius 1 is 1.40 bits per heavy atom. The number of hydrogen-bond donors (Lipinski definition) is 1. The average Bonchev–Trinajstić information content (AvgIpc) is 2.63. The van der Waals surface area contributed by atoms with Gasteiger partial charge in [-0.1, -0.05) is 18.2 Å². The molecule has 2 nitrogen and oxygen atoms in total. The summed E-state index contributed by atoms with van der Waals surface area (Å²) >= 11 is 0. The van der Waals surface area contributed by atoms with Crippen molar-refractivity contribution in [1.82, 2.24) is 5.32 Å². The molecule has 82 valence electrons. The summed E-state index contributed by atoms with van der Waals surface area (Å²) in [5.41, 5.74) is 2.96. The zero-order valence-electron chi connectivity index (χ0n) is 9.66. The van der Waals surface area contributed by atoms with E-state index >= 15 is 0 Å². The van der Waals surface area contributed by atoms with E-state index in [1.807, 2.05) is 7.05 Å². The van der Waals surface area contributed by atoms with Crippen molar-refractivity contribution in [2.75, 3.05) is 25.0 Å². The van der Waals surface area contributed by atoms with E-state index in [0.29, 0.717) is 6.04 Å². The van der Waals surface area contributed by atoms with Crippen LogP contribution in [0, 0.1) is 0 Å². The number of benzene rings is 1. The minimum atomic E-state index is 0.694. The lowest BCUT2D eigenvalue weighted by molar-refractivity contribution is 0.566. The monoisotopic (exact) mass is 204 g/mol. The van der Waals surface area contributed by atoms with E-state index in [1.54, 1.807) is 0 Å². The molecule has 1 N–H and O–H groups in total. The summed E-state index contributed by atoms with van der Waals surface area (Å²) in [6.45, 7) is 4.47. The highest BCUT2D eigenvalue weighted by atomic mass is 15.2. The van der Waals surface area contributed by atoms with Gasteiger partial charge in [-0.05, 0) is 45.0 Å². The summed E-state index contributed by atoms with van der Waals surface area (Å²) in [7, 11) is 2.03. The van der Waals surface area contributed by atoms with Crippen LogP contribution in [-0.2, 0) is 6.42 Å². The van der Waals surface area contributed by atoms with Crippen molar-refractivity contribution in [1.29, 1.82) is 0 Å². The van der Waals surface area contributed by atoms with Crippen LogP contribution in [0.1, 0.15) is 18.9 Å². The molecule has 2 rings (SSSR count). The highest BCUT2D eigenvalue weighted by Gasteiger charge is 2.26. The predicted octanol–water partition coefficient (Wildman–Crippen LogP) is 2.05. The maximum atomic E-state index is 3.24. The van der Waals surface area contributed by atoms with Gasteiger partial charge in [-0.3, -0.25) is 0 Å². The molecule has 0 amide bonds. The molecule has 0 saturated heterocycles. The van der Waals surface area contributed by atoms with Gasteiger partial charge in [-0.2, -0.15) is 0 Å². The van der Waals surface area contributed by atoms with Crippen LogP contribution in [0.4, 0.5) is 5.69 Å². The van der Waals surface area contributed by atoms with Gasteiger partial charge >= 0.3 is 0 Å². The molecule has 0 radical (unpaired) electrons. The number of nitrogens with zero attached hydrogens (tertiary/aromatic N) is 1. The molecule has 0 aromatic heterocycles. The van der Waals surface area contributed by atoms with E-state index in [-0.39, 0.29) is 0 Å². The number of likely N-dealkylation sites (N-methyl/N-ethyl adjacent to an activating group) is 1. The number of anilines is 1. The molecule has 0 saturated carbocycles. The first kappa shape index (κ1) is 10.5. The topological polar surface area (TPSA) is 15.3 Å². The van der Waals surface area contributed by atoms with Gasteiger partial charge < -0.3 is 10.2 Å². The van der Waals surface area contributed by atoms with Crippen molar-refractivity contribution >= 4 is 5.69 Å². The van der Waals surface area contributed by atoms with Gasteiger partial charge in [0, 0.05) is 18.3 Å². The molecule has 1 aromatic rings. The molecule has 0 bridgehead atoms. The smallest absolute Gasteiger partial charge is 0.0402 e. The summed E-state index contributed by atoms with van der Waals surface area (Å²) < 4.78 is 0. The van der Waals surface area contributed by atoms with Gasteiger partial charge in [0.1, 0.15) is 0 Å².